The van der Waals surface area contributed by atoms with Crippen LogP contribution in [0, 0.1) is 0 Å². The highest BCUT2D eigenvalue weighted by atomic mass is 28.4. The number of hydrogen-bond donors (Lipinski definition) is 0. The van der Waals surface area contributed by atoms with Crippen molar-refractivity contribution in [3.8, 4) is 0 Å². The number of hydrogen-bond acceptors (Lipinski definition) is 5. The van der Waals surface area contributed by atoms with Gasteiger partial charge in [-0.3, -0.25) is 13.6 Å². The van der Waals surface area contributed by atoms with E-state index in [1.54, 1.807) is 10.8 Å². The van der Waals surface area contributed by atoms with Gasteiger partial charge >= 0.3 is 5.69 Å². The molecule has 1 aromatic heterocycles. The molecule has 0 bridgehead atoms. The monoisotopic (exact) mass is 444 g/mol. The van der Waals surface area contributed by atoms with Gasteiger partial charge in [-0.25, -0.2) is 4.79 Å². The van der Waals surface area contributed by atoms with Crippen LogP contribution in [0.2, 0.25) is 58.9 Å². The van der Waals surface area contributed by atoms with Crippen molar-refractivity contribution in [2.45, 2.75) is 83.8 Å². The second kappa shape index (κ2) is 8.15. The van der Waals surface area contributed by atoms with E-state index in [0.717, 1.165) is 0 Å². The average molecular weight is 445 g/mol. The molecule has 2 rings (SSSR count). The molecule has 1 aliphatic heterocycles. The van der Waals surface area contributed by atoms with Gasteiger partial charge in [0, 0.05) is 18.7 Å². The van der Waals surface area contributed by atoms with Crippen LogP contribution in [0.3, 0.4) is 0 Å². The molecule has 160 valence electrons. The molecule has 10 heteroatoms. The van der Waals surface area contributed by atoms with Gasteiger partial charge in [-0.2, -0.15) is 0 Å². The first-order valence-electron chi connectivity index (χ1n) is 9.90. The summed E-state index contributed by atoms with van der Waals surface area (Å²) in [6.45, 7) is 19.3. The summed E-state index contributed by atoms with van der Waals surface area (Å²) in [5.74, 6) is 0. The highest BCUT2D eigenvalue weighted by Gasteiger charge is 2.41. The molecule has 2 heterocycles. The van der Waals surface area contributed by atoms with Crippen molar-refractivity contribution in [1.82, 2.24) is 8.80 Å². The molecule has 3 atom stereocenters. The highest BCUT2D eigenvalue weighted by molar-refractivity contribution is 6.74. The molecule has 1 aromatic rings. The maximum Gasteiger partial charge on any atom is 0.324 e. The quantitative estimate of drug-likeness (QED) is 0.605. The van der Waals surface area contributed by atoms with Gasteiger partial charge in [-0.15, -0.1) is 0 Å². The Morgan fingerprint density at radius 1 is 1.04 bits per heavy atom. The van der Waals surface area contributed by atoms with E-state index >= 15 is 0 Å². The van der Waals surface area contributed by atoms with Crippen LogP contribution < -0.4 is 11.2 Å². The highest BCUT2D eigenvalue weighted by Crippen LogP contribution is 2.32. The zero-order valence-electron chi connectivity index (χ0n) is 18.7. The number of aromatic nitrogens is 2. The van der Waals surface area contributed by atoms with E-state index in [2.05, 4.69) is 39.3 Å². The van der Waals surface area contributed by atoms with Crippen molar-refractivity contribution in [3.63, 3.8) is 0 Å². The van der Waals surface area contributed by atoms with Gasteiger partial charge in [0.2, 0.25) is 5.56 Å². The first-order chi connectivity index (χ1) is 12.6. The Bertz CT molecular complexity index is 802. The summed E-state index contributed by atoms with van der Waals surface area (Å²) in [7, 11) is -5.64. The van der Waals surface area contributed by atoms with Gasteiger partial charge in [0.05, 0.1) is 12.7 Å². The lowest BCUT2D eigenvalue weighted by atomic mass is 10.2. The van der Waals surface area contributed by atoms with Crippen molar-refractivity contribution < 1.29 is 13.6 Å². The average Bonchev–Trinajstić information content (AvgIpc) is 2.83. The summed E-state index contributed by atoms with van der Waals surface area (Å²) in [5, 5.41) is 0. The van der Waals surface area contributed by atoms with Gasteiger partial charge < -0.3 is 13.6 Å². The van der Waals surface area contributed by atoms with Crippen molar-refractivity contribution in [2.75, 3.05) is 6.61 Å². The number of rotatable bonds is 7. The third-order valence-electron chi connectivity index (χ3n) is 4.36. The molecule has 28 heavy (non-hydrogen) atoms. The topological polar surface area (TPSA) is 71.7 Å². The molecule has 0 aromatic carbocycles. The summed E-state index contributed by atoms with van der Waals surface area (Å²) < 4.78 is 21.7. The van der Waals surface area contributed by atoms with Crippen LogP contribution in [-0.4, -0.2) is 52.5 Å². The molecule has 1 fully saturated rings. The van der Waals surface area contributed by atoms with E-state index in [9.17, 15) is 9.59 Å². The Morgan fingerprint density at radius 2 is 1.64 bits per heavy atom. The van der Waals surface area contributed by atoms with E-state index in [-0.39, 0.29) is 23.5 Å². The van der Waals surface area contributed by atoms with Crippen molar-refractivity contribution in [1.29, 1.82) is 0 Å². The van der Waals surface area contributed by atoms with Gasteiger partial charge in [-0.1, -0.05) is 19.6 Å². The van der Waals surface area contributed by atoms with E-state index in [0.29, 0.717) is 13.0 Å². The largest absolute Gasteiger partial charge is 0.415 e. The lowest BCUT2D eigenvalue weighted by molar-refractivity contribution is -0.0398. The minimum absolute atomic E-state index is 0.118. The normalized spacial score (nSPS) is 24.0. The van der Waals surface area contributed by atoms with Crippen LogP contribution in [-0.2, 0) is 13.6 Å². The van der Waals surface area contributed by atoms with Crippen molar-refractivity contribution >= 4 is 24.9 Å². The number of ether oxygens (including phenoxy) is 1. The summed E-state index contributed by atoms with van der Waals surface area (Å²) in [6.07, 6.45) is 1.34. The van der Waals surface area contributed by atoms with Crippen LogP contribution in [0.15, 0.2) is 21.9 Å². The van der Waals surface area contributed by atoms with Crippen molar-refractivity contribution in [3.05, 3.63) is 33.1 Å². The van der Waals surface area contributed by atoms with Gasteiger partial charge in [0.1, 0.15) is 12.3 Å². The fourth-order valence-corrected chi connectivity index (χ4v) is 6.51. The van der Waals surface area contributed by atoms with Crippen LogP contribution in [0.5, 0.6) is 0 Å². The summed E-state index contributed by atoms with van der Waals surface area (Å²) in [4.78, 5) is 25.4. The van der Waals surface area contributed by atoms with Crippen molar-refractivity contribution in [2.24, 2.45) is 0 Å². The van der Waals surface area contributed by atoms with E-state index in [1.165, 1.54) is 10.3 Å². The zero-order valence-corrected chi connectivity index (χ0v) is 21.7. The molecule has 0 spiro atoms. The summed E-state index contributed by atoms with van der Waals surface area (Å²) >= 11 is 0. The smallest absolute Gasteiger partial charge is 0.324 e. The molecule has 0 saturated carbocycles. The standard InChI is InChI=1S/C18H36N2O5Si3/c1-26(2,3)20-16(21)10-11-19(18(20)22)17-12-14(25-28(7,8)9)15(24-17)13-23-27(4,5)6/h10-11,14-15,17H,12-13H2,1-9H3. The fourth-order valence-electron chi connectivity index (χ4n) is 3.26. The van der Waals surface area contributed by atoms with Gasteiger partial charge in [-0.05, 0) is 39.3 Å². The second-order valence-electron chi connectivity index (χ2n) is 10.4. The predicted octanol–water partition coefficient (Wildman–Crippen LogP) is 3.05. The lowest BCUT2D eigenvalue weighted by Crippen LogP contribution is -2.52. The lowest BCUT2D eigenvalue weighted by Gasteiger charge is -2.28. The first-order valence-corrected chi connectivity index (χ1v) is 20.2. The van der Waals surface area contributed by atoms with Crippen LogP contribution in [0.1, 0.15) is 12.6 Å². The van der Waals surface area contributed by atoms with Crippen LogP contribution in [0.25, 0.3) is 0 Å². The first kappa shape index (κ1) is 23.5. The third kappa shape index (κ3) is 6.10. The fraction of sp³-hybridized carbons (Fsp3) is 0.778. The molecule has 0 aliphatic carbocycles. The molecule has 7 nitrogen and oxygen atoms in total. The molecule has 0 N–H and O–H groups in total. The predicted molar refractivity (Wildman–Crippen MR) is 120 cm³/mol. The molecule has 3 unspecified atom stereocenters. The second-order valence-corrected chi connectivity index (χ2v) is 24.2. The summed E-state index contributed by atoms with van der Waals surface area (Å²) in [6, 6.07) is 1.46. The summed E-state index contributed by atoms with van der Waals surface area (Å²) in [5.41, 5.74) is -0.540. The molecule has 1 saturated heterocycles. The third-order valence-corrected chi connectivity index (χ3v) is 8.15. The van der Waals surface area contributed by atoms with E-state index in [1.807, 2.05) is 19.6 Å². The Labute approximate surface area is 171 Å². The molecule has 0 amide bonds. The van der Waals surface area contributed by atoms with E-state index < -0.39 is 31.1 Å². The Kier molecular flexibility index (Phi) is 6.84. The molecule has 0 radical (unpaired) electrons. The van der Waals surface area contributed by atoms with Crippen LogP contribution in [0.4, 0.5) is 0 Å². The maximum atomic E-state index is 13.1. The Hall–Kier alpha value is -0.789. The minimum Gasteiger partial charge on any atom is -0.415 e. The Balaban J connectivity index is 2.34. The van der Waals surface area contributed by atoms with Gasteiger partial charge in [0.25, 0.3) is 0 Å². The minimum atomic E-state index is -2.15. The van der Waals surface area contributed by atoms with E-state index in [4.69, 9.17) is 13.6 Å². The number of nitrogens with zero attached hydrogens (tertiary/aromatic N) is 2. The zero-order chi connectivity index (χ0) is 21.5. The maximum absolute atomic E-state index is 13.1. The Morgan fingerprint density at radius 3 is 2.14 bits per heavy atom. The van der Waals surface area contributed by atoms with Crippen LogP contribution >= 0.6 is 0 Å². The molecular formula is C18H36N2O5Si3. The molecule has 1 aliphatic rings. The SMILES string of the molecule is C[Si](C)(C)OCC1OC(n2ccc(=O)n([Si](C)(C)C)c2=O)CC1O[Si](C)(C)C. The molecular weight excluding hydrogens is 408 g/mol. The van der Waals surface area contributed by atoms with Gasteiger partial charge in [0.15, 0.2) is 24.9 Å².